The van der Waals surface area contributed by atoms with Crippen LogP contribution in [0.2, 0.25) is 0 Å². The van der Waals surface area contributed by atoms with Crippen molar-refractivity contribution in [2.75, 3.05) is 18.9 Å². The molecule has 0 spiro atoms. The second kappa shape index (κ2) is 9.86. The first-order valence-electron chi connectivity index (χ1n) is 10.7. The van der Waals surface area contributed by atoms with Crippen molar-refractivity contribution in [3.05, 3.63) is 48.4 Å². The number of carbonyl (C=O) groups excluding carboxylic acids is 3. The smallest absolute Gasteiger partial charge is 0.268 e. The number of benzene rings is 1. The first-order valence-corrected chi connectivity index (χ1v) is 10.7. The Kier molecular flexibility index (Phi) is 7.17. The van der Waals surface area contributed by atoms with Crippen LogP contribution < -0.4 is 21.4 Å². The summed E-state index contributed by atoms with van der Waals surface area (Å²) in [6, 6.07) is 9.29. The molecule has 2 aromatic rings. The lowest BCUT2D eigenvalue weighted by atomic mass is 9.78. The standard InChI is InChI=1S/C23H30N6O4/c1-14(11-18(30)28-33)23(2,3)13-25-21(31)17-12-29(4)20(26-17)22(32)27-16-9-5-7-15-8-6-10-24-19(15)16/h5-10,12,14,20,26,33H,11,13H2,1-4H3,(H,25,31)(H,27,32)(H,28,30). The summed E-state index contributed by atoms with van der Waals surface area (Å²) in [5, 5.41) is 18.3. The largest absolute Gasteiger partial charge is 0.352 e. The summed E-state index contributed by atoms with van der Waals surface area (Å²) in [4.78, 5) is 43.0. The molecule has 0 saturated carbocycles. The molecule has 1 aromatic carbocycles. The average Bonchev–Trinajstić information content (AvgIpc) is 3.19. The van der Waals surface area contributed by atoms with Gasteiger partial charge in [-0.15, -0.1) is 0 Å². The van der Waals surface area contributed by atoms with Crippen LogP contribution in [0.5, 0.6) is 0 Å². The van der Waals surface area contributed by atoms with Crippen molar-refractivity contribution >= 4 is 34.3 Å². The van der Waals surface area contributed by atoms with Gasteiger partial charge in [-0.1, -0.05) is 39.0 Å². The number of fused-ring (bicyclic) bond motifs is 1. The number of likely N-dealkylation sites (N-methyl/N-ethyl adjacent to an activating group) is 1. The highest BCUT2D eigenvalue weighted by Gasteiger charge is 2.33. The van der Waals surface area contributed by atoms with Gasteiger partial charge in [-0.3, -0.25) is 24.6 Å². The quantitative estimate of drug-likeness (QED) is 0.302. The van der Waals surface area contributed by atoms with Gasteiger partial charge in [0.25, 0.3) is 11.8 Å². The van der Waals surface area contributed by atoms with Crippen molar-refractivity contribution in [2.24, 2.45) is 11.3 Å². The Bertz CT molecular complexity index is 1080. The maximum absolute atomic E-state index is 12.9. The molecule has 2 heterocycles. The molecule has 1 aromatic heterocycles. The van der Waals surface area contributed by atoms with Crippen molar-refractivity contribution in [3.8, 4) is 0 Å². The number of hydrogen-bond donors (Lipinski definition) is 5. The molecule has 0 bridgehead atoms. The topological polar surface area (TPSA) is 136 Å². The lowest BCUT2D eigenvalue weighted by Crippen LogP contribution is -2.47. The van der Waals surface area contributed by atoms with Crippen LogP contribution in [0.1, 0.15) is 27.2 Å². The first-order chi connectivity index (χ1) is 15.6. The third-order valence-electron chi connectivity index (χ3n) is 6.07. The van der Waals surface area contributed by atoms with E-state index in [0.29, 0.717) is 17.7 Å². The first kappa shape index (κ1) is 24.0. The molecule has 0 radical (unpaired) electrons. The summed E-state index contributed by atoms with van der Waals surface area (Å²) in [5.41, 5.74) is 2.78. The van der Waals surface area contributed by atoms with Gasteiger partial charge in [0.1, 0.15) is 5.70 Å². The number of amides is 3. The number of carbonyl (C=O) groups is 3. The molecule has 5 N–H and O–H groups in total. The Morgan fingerprint density at radius 1 is 1.24 bits per heavy atom. The zero-order valence-electron chi connectivity index (χ0n) is 19.2. The fourth-order valence-corrected chi connectivity index (χ4v) is 3.52. The SMILES string of the molecule is CC(CC(=O)NO)C(C)(C)CNC(=O)C1=CN(C)C(C(=O)Nc2cccc3cccnc23)N1. The fraction of sp³-hybridized carbons (Fsp3) is 0.391. The van der Waals surface area contributed by atoms with Gasteiger partial charge < -0.3 is 20.9 Å². The van der Waals surface area contributed by atoms with Gasteiger partial charge in [0.15, 0.2) is 6.17 Å². The number of nitrogens with one attached hydrogen (secondary N) is 4. The van der Waals surface area contributed by atoms with E-state index >= 15 is 0 Å². The maximum Gasteiger partial charge on any atom is 0.268 e. The molecular formula is C23H30N6O4. The molecule has 3 amide bonds. The van der Waals surface area contributed by atoms with Crippen molar-refractivity contribution in [1.29, 1.82) is 0 Å². The summed E-state index contributed by atoms with van der Waals surface area (Å²) in [5.74, 6) is -1.24. The highest BCUT2D eigenvalue weighted by molar-refractivity contribution is 6.03. The molecule has 2 atom stereocenters. The molecular weight excluding hydrogens is 424 g/mol. The van der Waals surface area contributed by atoms with E-state index in [4.69, 9.17) is 5.21 Å². The number of hydrogen-bond acceptors (Lipinski definition) is 7. The molecule has 0 aliphatic carbocycles. The summed E-state index contributed by atoms with van der Waals surface area (Å²) < 4.78 is 0. The van der Waals surface area contributed by atoms with Gasteiger partial charge in [-0.05, 0) is 23.5 Å². The Hall–Kier alpha value is -3.66. The van der Waals surface area contributed by atoms with Gasteiger partial charge >= 0.3 is 0 Å². The molecule has 2 unspecified atom stereocenters. The van der Waals surface area contributed by atoms with Crippen LogP contribution in [0.3, 0.4) is 0 Å². The van der Waals surface area contributed by atoms with Crippen LogP contribution in [0.4, 0.5) is 5.69 Å². The predicted molar refractivity (Wildman–Crippen MR) is 124 cm³/mol. The molecule has 0 fully saturated rings. The zero-order valence-corrected chi connectivity index (χ0v) is 19.2. The average molecular weight is 455 g/mol. The minimum Gasteiger partial charge on any atom is -0.352 e. The van der Waals surface area contributed by atoms with Crippen LogP contribution in [0, 0.1) is 11.3 Å². The fourth-order valence-electron chi connectivity index (χ4n) is 3.52. The zero-order chi connectivity index (χ0) is 24.2. The summed E-state index contributed by atoms with van der Waals surface area (Å²) >= 11 is 0. The van der Waals surface area contributed by atoms with Gasteiger partial charge in [0.2, 0.25) is 5.91 Å². The van der Waals surface area contributed by atoms with Crippen molar-refractivity contribution < 1.29 is 19.6 Å². The minimum atomic E-state index is -0.759. The van der Waals surface area contributed by atoms with E-state index < -0.39 is 17.5 Å². The van der Waals surface area contributed by atoms with E-state index in [2.05, 4.69) is 20.9 Å². The van der Waals surface area contributed by atoms with E-state index in [1.807, 2.05) is 45.0 Å². The van der Waals surface area contributed by atoms with Crippen LogP contribution in [-0.4, -0.2) is 52.6 Å². The minimum absolute atomic E-state index is 0.0917. The molecule has 1 aliphatic heterocycles. The molecule has 1 aliphatic rings. The normalized spacial score (nSPS) is 16.6. The lowest BCUT2D eigenvalue weighted by molar-refractivity contribution is -0.131. The number of rotatable bonds is 8. The molecule has 10 heteroatoms. The van der Waals surface area contributed by atoms with Gasteiger partial charge in [0.05, 0.1) is 11.2 Å². The highest BCUT2D eigenvalue weighted by atomic mass is 16.5. The Morgan fingerprint density at radius 3 is 2.70 bits per heavy atom. The van der Waals surface area contributed by atoms with Crippen molar-refractivity contribution in [3.63, 3.8) is 0 Å². The number of anilines is 1. The number of nitrogens with zero attached hydrogens (tertiary/aromatic N) is 2. The number of pyridine rings is 1. The van der Waals surface area contributed by atoms with E-state index in [0.717, 1.165) is 5.39 Å². The van der Waals surface area contributed by atoms with Crippen LogP contribution in [0.25, 0.3) is 10.9 Å². The van der Waals surface area contributed by atoms with Gasteiger partial charge in [-0.25, -0.2) is 5.48 Å². The lowest BCUT2D eigenvalue weighted by Gasteiger charge is -2.31. The second-order valence-electron chi connectivity index (χ2n) is 8.94. The molecule has 0 saturated heterocycles. The van der Waals surface area contributed by atoms with Crippen molar-refractivity contribution in [1.82, 2.24) is 26.0 Å². The van der Waals surface area contributed by atoms with E-state index in [9.17, 15) is 14.4 Å². The highest BCUT2D eigenvalue weighted by Crippen LogP contribution is 2.28. The van der Waals surface area contributed by atoms with E-state index in [-0.39, 0.29) is 29.9 Å². The number of aromatic nitrogens is 1. The van der Waals surface area contributed by atoms with Gasteiger partial charge in [0, 0.05) is 37.8 Å². The Balaban J connectivity index is 1.59. The number of para-hydroxylation sites is 1. The second-order valence-corrected chi connectivity index (χ2v) is 8.94. The summed E-state index contributed by atoms with van der Waals surface area (Å²) in [7, 11) is 1.71. The van der Waals surface area contributed by atoms with E-state index in [1.54, 1.807) is 35.9 Å². The Morgan fingerprint density at radius 2 is 1.97 bits per heavy atom. The molecule has 176 valence electrons. The monoisotopic (exact) mass is 454 g/mol. The molecule has 3 rings (SSSR count). The molecule has 33 heavy (non-hydrogen) atoms. The third-order valence-corrected chi connectivity index (χ3v) is 6.07. The maximum atomic E-state index is 12.9. The third kappa shape index (κ3) is 5.58. The van der Waals surface area contributed by atoms with Crippen LogP contribution >= 0.6 is 0 Å². The Labute approximate surface area is 192 Å². The van der Waals surface area contributed by atoms with Crippen LogP contribution in [0.15, 0.2) is 48.4 Å². The number of hydroxylamine groups is 1. The summed E-state index contributed by atoms with van der Waals surface area (Å²) in [6.45, 7) is 6.05. The van der Waals surface area contributed by atoms with Crippen molar-refractivity contribution in [2.45, 2.75) is 33.4 Å². The summed E-state index contributed by atoms with van der Waals surface area (Å²) in [6.07, 6.45) is 2.62. The predicted octanol–water partition coefficient (Wildman–Crippen LogP) is 1.55. The van der Waals surface area contributed by atoms with Gasteiger partial charge in [-0.2, -0.15) is 0 Å². The van der Waals surface area contributed by atoms with Crippen LogP contribution in [-0.2, 0) is 14.4 Å². The van der Waals surface area contributed by atoms with E-state index in [1.165, 1.54) is 0 Å². The molecule has 10 nitrogen and oxygen atoms in total.